The first-order valence-electron chi connectivity index (χ1n) is 7.85. The van der Waals surface area contributed by atoms with Crippen molar-refractivity contribution in [2.45, 2.75) is 32.9 Å². The van der Waals surface area contributed by atoms with Gasteiger partial charge >= 0.3 is 5.97 Å². The molecule has 3 aromatic rings. The molecular weight excluding hydrogens is 362 g/mol. The number of ether oxygens (including phenoxy) is 1. The molecule has 0 aromatic carbocycles. The van der Waals surface area contributed by atoms with Crippen LogP contribution in [-0.2, 0) is 24.3 Å². The maximum absolute atomic E-state index is 12.6. The molecule has 25 heavy (non-hydrogen) atoms. The van der Waals surface area contributed by atoms with Gasteiger partial charge in [-0.25, -0.2) is 14.8 Å². The minimum absolute atomic E-state index is 0.0628. The van der Waals surface area contributed by atoms with E-state index in [0.29, 0.717) is 32.4 Å². The molecule has 3 aromatic heterocycles. The monoisotopic (exact) mass is 375 g/mol. The molecule has 0 atom stereocenters. The third-order valence-corrected chi connectivity index (χ3v) is 5.64. The standard InChI is InChI=1S/C17H14ClN3O3S/c1-9-13-15(20-12-3-2-6-21(12)16(13)22)25-14(9)17(23)24-8-10-4-5-11(18)19-7-10/h4-5,7H,2-3,6,8H2,1H3. The van der Waals surface area contributed by atoms with Crippen molar-refractivity contribution in [1.29, 1.82) is 0 Å². The maximum Gasteiger partial charge on any atom is 0.349 e. The van der Waals surface area contributed by atoms with Gasteiger partial charge in [-0.05, 0) is 25.0 Å². The number of rotatable bonds is 3. The molecule has 6 nitrogen and oxygen atoms in total. The molecule has 0 bridgehead atoms. The molecule has 0 N–H and O–H groups in total. The quantitative estimate of drug-likeness (QED) is 0.519. The topological polar surface area (TPSA) is 74.1 Å². The van der Waals surface area contributed by atoms with Gasteiger partial charge < -0.3 is 4.74 Å². The van der Waals surface area contributed by atoms with Crippen molar-refractivity contribution in [1.82, 2.24) is 14.5 Å². The van der Waals surface area contributed by atoms with Gasteiger partial charge in [-0.1, -0.05) is 17.7 Å². The SMILES string of the molecule is Cc1c(C(=O)OCc2ccc(Cl)nc2)sc2nc3n(c(=O)c12)CCC3. The number of carbonyl (C=O) groups excluding carboxylic acids is 1. The summed E-state index contributed by atoms with van der Waals surface area (Å²) < 4.78 is 7.06. The summed E-state index contributed by atoms with van der Waals surface area (Å²) in [5.41, 5.74) is 1.32. The van der Waals surface area contributed by atoms with Gasteiger partial charge in [0.1, 0.15) is 27.3 Å². The highest BCUT2D eigenvalue weighted by atomic mass is 35.5. The fourth-order valence-corrected chi connectivity index (χ4v) is 4.17. The Bertz CT molecular complexity index is 1040. The Morgan fingerprint density at radius 3 is 3.04 bits per heavy atom. The largest absolute Gasteiger partial charge is 0.457 e. The lowest BCUT2D eigenvalue weighted by atomic mass is 10.2. The van der Waals surface area contributed by atoms with Crippen molar-refractivity contribution in [3.05, 3.63) is 55.7 Å². The summed E-state index contributed by atoms with van der Waals surface area (Å²) in [5, 5.41) is 0.908. The number of esters is 1. The van der Waals surface area contributed by atoms with Crippen molar-refractivity contribution in [2.75, 3.05) is 0 Å². The fourth-order valence-electron chi connectivity index (χ4n) is 2.98. The zero-order valence-electron chi connectivity index (χ0n) is 13.4. The second kappa shape index (κ2) is 6.24. The number of carbonyl (C=O) groups is 1. The molecule has 0 spiro atoms. The van der Waals surface area contributed by atoms with Crippen LogP contribution in [-0.4, -0.2) is 20.5 Å². The van der Waals surface area contributed by atoms with E-state index >= 15 is 0 Å². The van der Waals surface area contributed by atoms with Crippen molar-refractivity contribution in [2.24, 2.45) is 0 Å². The summed E-state index contributed by atoms with van der Waals surface area (Å²) in [5.74, 6) is 0.339. The molecular formula is C17H14ClN3O3S. The fraction of sp³-hybridized carbons (Fsp3) is 0.294. The lowest BCUT2D eigenvalue weighted by Crippen LogP contribution is -2.20. The number of aryl methyl sites for hydroxylation is 2. The second-order valence-electron chi connectivity index (χ2n) is 5.89. The minimum Gasteiger partial charge on any atom is -0.457 e. The van der Waals surface area contributed by atoms with E-state index in [1.165, 1.54) is 11.3 Å². The Morgan fingerprint density at radius 2 is 2.28 bits per heavy atom. The summed E-state index contributed by atoms with van der Waals surface area (Å²) in [6, 6.07) is 3.39. The minimum atomic E-state index is -0.458. The third-order valence-electron chi connectivity index (χ3n) is 4.26. The molecule has 1 aliphatic heterocycles. The van der Waals surface area contributed by atoms with Crippen LogP contribution in [0.1, 0.15) is 33.0 Å². The molecule has 1 aliphatic rings. The summed E-state index contributed by atoms with van der Waals surface area (Å²) in [4.78, 5) is 34.6. The Balaban J connectivity index is 1.64. The Morgan fingerprint density at radius 1 is 1.44 bits per heavy atom. The first-order valence-corrected chi connectivity index (χ1v) is 9.04. The summed E-state index contributed by atoms with van der Waals surface area (Å²) >= 11 is 6.95. The van der Waals surface area contributed by atoms with Crippen molar-refractivity contribution < 1.29 is 9.53 Å². The maximum atomic E-state index is 12.6. The third kappa shape index (κ3) is 2.83. The first kappa shape index (κ1) is 16.2. The van der Waals surface area contributed by atoms with Crippen LogP contribution in [0.15, 0.2) is 23.1 Å². The molecule has 0 radical (unpaired) electrons. The van der Waals surface area contributed by atoms with Crippen LogP contribution in [0, 0.1) is 6.92 Å². The van der Waals surface area contributed by atoms with Crippen LogP contribution in [0.2, 0.25) is 5.15 Å². The molecule has 0 saturated carbocycles. The average molecular weight is 376 g/mol. The average Bonchev–Trinajstić information content (AvgIpc) is 3.19. The number of halogens is 1. The van der Waals surface area contributed by atoms with E-state index < -0.39 is 5.97 Å². The van der Waals surface area contributed by atoms with E-state index in [1.54, 1.807) is 29.8 Å². The lowest BCUT2D eigenvalue weighted by molar-refractivity contribution is 0.0477. The predicted molar refractivity (Wildman–Crippen MR) is 95.3 cm³/mol. The molecule has 0 aliphatic carbocycles. The van der Waals surface area contributed by atoms with Gasteiger partial charge in [0.2, 0.25) is 0 Å². The molecule has 0 unspecified atom stereocenters. The zero-order valence-corrected chi connectivity index (χ0v) is 15.0. The Labute approximate surface area is 152 Å². The number of aromatic nitrogens is 3. The molecule has 8 heteroatoms. The number of fused-ring (bicyclic) bond motifs is 2. The summed E-state index contributed by atoms with van der Waals surface area (Å²) in [6.07, 6.45) is 3.29. The van der Waals surface area contributed by atoms with E-state index in [1.807, 2.05) is 0 Å². The van der Waals surface area contributed by atoms with Crippen LogP contribution in [0.5, 0.6) is 0 Å². The zero-order chi connectivity index (χ0) is 17.6. The van der Waals surface area contributed by atoms with Crippen LogP contribution in [0.25, 0.3) is 10.2 Å². The molecule has 4 rings (SSSR count). The van der Waals surface area contributed by atoms with Gasteiger partial charge in [0, 0.05) is 24.7 Å². The highest BCUT2D eigenvalue weighted by Gasteiger charge is 2.24. The lowest BCUT2D eigenvalue weighted by Gasteiger charge is -2.04. The highest BCUT2D eigenvalue weighted by Crippen LogP contribution is 2.29. The smallest absolute Gasteiger partial charge is 0.349 e. The van der Waals surface area contributed by atoms with E-state index in [4.69, 9.17) is 16.3 Å². The second-order valence-corrected chi connectivity index (χ2v) is 7.28. The van der Waals surface area contributed by atoms with Crippen LogP contribution < -0.4 is 5.56 Å². The van der Waals surface area contributed by atoms with Gasteiger partial charge in [-0.15, -0.1) is 11.3 Å². The van der Waals surface area contributed by atoms with Gasteiger partial charge in [-0.3, -0.25) is 9.36 Å². The number of hydrogen-bond acceptors (Lipinski definition) is 6. The van der Waals surface area contributed by atoms with Crippen molar-refractivity contribution in [3.63, 3.8) is 0 Å². The Kier molecular flexibility index (Phi) is 4.05. The van der Waals surface area contributed by atoms with Gasteiger partial charge in [0.15, 0.2) is 0 Å². The van der Waals surface area contributed by atoms with Crippen molar-refractivity contribution in [3.8, 4) is 0 Å². The first-order chi connectivity index (χ1) is 12.0. The molecule has 0 saturated heterocycles. The predicted octanol–water partition coefficient (Wildman–Crippen LogP) is 3.12. The normalized spacial score (nSPS) is 13.2. The van der Waals surface area contributed by atoms with E-state index in [-0.39, 0.29) is 12.2 Å². The van der Waals surface area contributed by atoms with Gasteiger partial charge in [-0.2, -0.15) is 0 Å². The van der Waals surface area contributed by atoms with Crippen molar-refractivity contribution >= 4 is 39.1 Å². The molecule has 0 amide bonds. The van der Waals surface area contributed by atoms with Crippen LogP contribution in [0.4, 0.5) is 0 Å². The molecule has 4 heterocycles. The van der Waals surface area contributed by atoms with E-state index in [0.717, 1.165) is 24.2 Å². The van der Waals surface area contributed by atoms with Crippen LogP contribution in [0.3, 0.4) is 0 Å². The number of pyridine rings is 1. The number of thiophene rings is 1. The number of hydrogen-bond donors (Lipinski definition) is 0. The summed E-state index contributed by atoms with van der Waals surface area (Å²) in [6.45, 7) is 2.56. The van der Waals surface area contributed by atoms with E-state index in [9.17, 15) is 9.59 Å². The van der Waals surface area contributed by atoms with Gasteiger partial charge in [0.25, 0.3) is 5.56 Å². The van der Waals surface area contributed by atoms with Crippen LogP contribution >= 0.6 is 22.9 Å². The highest BCUT2D eigenvalue weighted by molar-refractivity contribution is 7.20. The summed E-state index contributed by atoms with van der Waals surface area (Å²) in [7, 11) is 0. The molecule has 128 valence electrons. The Hall–Kier alpha value is -2.25. The number of nitrogens with zero attached hydrogens (tertiary/aromatic N) is 3. The molecule has 0 fully saturated rings. The van der Waals surface area contributed by atoms with E-state index in [2.05, 4.69) is 9.97 Å². The van der Waals surface area contributed by atoms with Gasteiger partial charge in [0.05, 0.1) is 5.39 Å².